The molecule has 2 heterocycles. The average Bonchev–Trinajstić information content (AvgIpc) is 3.07. The van der Waals surface area contributed by atoms with E-state index >= 15 is 0 Å². The number of nitrogens with zero attached hydrogens (tertiary/aromatic N) is 2. The Morgan fingerprint density at radius 1 is 1.48 bits per heavy atom. The van der Waals surface area contributed by atoms with Crippen molar-refractivity contribution in [2.75, 3.05) is 11.1 Å². The quantitative estimate of drug-likeness (QED) is 0.710. The molecule has 0 radical (unpaired) electrons. The lowest BCUT2D eigenvalue weighted by Gasteiger charge is -1.99. The summed E-state index contributed by atoms with van der Waals surface area (Å²) in [6.45, 7) is 0. The first-order valence-corrected chi connectivity index (χ1v) is 8.33. The number of carbonyl (C=O) groups excluding carboxylic acids is 1. The maximum Gasteiger partial charge on any atom is 0.256 e. The molecule has 0 bridgehead atoms. The second-order valence-electron chi connectivity index (χ2n) is 4.08. The summed E-state index contributed by atoms with van der Waals surface area (Å²) < 4.78 is 5.56. The first-order valence-electron chi connectivity index (χ1n) is 6.09. The van der Waals surface area contributed by atoms with Gasteiger partial charge in [-0.3, -0.25) is 4.79 Å². The minimum Gasteiger partial charge on any atom is -0.431 e. The van der Waals surface area contributed by atoms with E-state index in [2.05, 4.69) is 15.3 Å². The number of halogens is 1. The van der Waals surface area contributed by atoms with Crippen molar-refractivity contribution >= 4 is 56.8 Å². The highest BCUT2D eigenvalue weighted by atomic mass is 35.5. The molecule has 0 spiro atoms. The number of fused-ring (bicyclic) bond motifs is 1. The van der Waals surface area contributed by atoms with Gasteiger partial charge in [0.1, 0.15) is 5.52 Å². The predicted molar refractivity (Wildman–Crippen MR) is 85.1 cm³/mol. The molecule has 1 aromatic carbocycles. The van der Waals surface area contributed by atoms with Gasteiger partial charge in [0, 0.05) is 28.8 Å². The highest BCUT2D eigenvalue weighted by molar-refractivity contribution is 7.99. The zero-order valence-electron chi connectivity index (χ0n) is 10.7. The maximum absolute atomic E-state index is 11.7. The Morgan fingerprint density at radius 2 is 2.38 bits per heavy atom. The van der Waals surface area contributed by atoms with Crippen LogP contribution in [-0.4, -0.2) is 21.6 Å². The van der Waals surface area contributed by atoms with Gasteiger partial charge in [0.15, 0.2) is 10.7 Å². The van der Waals surface area contributed by atoms with Gasteiger partial charge in [-0.1, -0.05) is 23.4 Å². The fourth-order valence-electron chi connectivity index (χ4n) is 1.64. The number of carbonyl (C=O) groups is 1. The minimum absolute atomic E-state index is 0.0726. The summed E-state index contributed by atoms with van der Waals surface area (Å²) in [5.74, 6) is 0.509. The van der Waals surface area contributed by atoms with Crippen molar-refractivity contribution in [1.82, 2.24) is 9.97 Å². The van der Waals surface area contributed by atoms with Crippen LogP contribution in [0.15, 0.2) is 39.4 Å². The Morgan fingerprint density at radius 3 is 3.19 bits per heavy atom. The van der Waals surface area contributed by atoms with Gasteiger partial charge >= 0.3 is 0 Å². The molecule has 21 heavy (non-hydrogen) atoms. The predicted octanol–water partition coefficient (Wildman–Crippen LogP) is 4.06. The molecule has 0 atom stereocenters. The third kappa shape index (κ3) is 3.75. The van der Waals surface area contributed by atoms with Gasteiger partial charge in [-0.05, 0) is 18.2 Å². The number of hydrogen-bond donors (Lipinski definition) is 1. The molecule has 0 saturated carbocycles. The molecule has 1 amide bonds. The van der Waals surface area contributed by atoms with Crippen LogP contribution in [0.3, 0.4) is 0 Å². The van der Waals surface area contributed by atoms with Gasteiger partial charge in [0.2, 0.25) is 5.91 Å². The van der Waals surface area contributed by atoms with E-state index < -0.39 is 0 Å². The first kappa shape index (κ1) is 14.4. The topological polar surface area (TPSA) is 68.0 Å². The number of hydrogen-bond acceptors (Lipinski definition) is 6. The van der Waals surface area contributed by atoms with Crippen LogP contribution >= 0.6 is 34.7 Å². The molecule has 108 valence electrons. The third-order valence-corrected chi connectivity index (χ3v) is 4.32. The van der Waals surface area contributed by atoms with Gasteiger partial charge in [0.25, 0.3) is 5.22 Å². The smallest absolute Gasteiger partial charge is 0.256 e. The molecule has 0 unspecified atom stereocenters. The van der Waals surface area contributed by atoms with Crippen LogP contribution in [-0.2, 0) is 4.79 Å². The lowest BCUT2D eigenvalue weighted by molar-refractivity contribution is -0.115. The number of oxazole rings is 1. The average molecular weight is 340 g/mol. The summed E-state index contributed by atoms with van der Waals surface area (Å²) in [6, 6.07) is 5.29. The van der Waals surface area contributed by atoms with Crippen molar-refractivity contribution in [3.8, 4) is 0 Å². The molecule has 8 heteroatoms. The normalized spacial score (nSPS) is 10.9. The summed E-state index contributed by atoms with van der Waals surface area (Å²) >= 11 is 8.68. The Labute approximate surface area is 133 Å². The van der Waals surface area contributed by atoms with E-state index in [1.165, 1.54) is 23.1 Å². The van der Waals surface area contributed by atoms with Crippen molar-refractivity contribution in [2.45, 2.75) is 11.6 Å². The summed E-state index contributed by atoms with van der Waals surface area (Å²) in [6.07, 6.45) is 2.02. The number of aromatic nitrogens is 2. The fourth-order valence-corrected chi connectivity index (χ4v) is 3.12. The molecule has 5 nitrogen and oxygen atoms in total. The molecule has 2 aromatic heterocycles. The van der Waals surface area contributed by atoms with Crippen molar-refractivity contribution in [3.05, 3.63) is 34.8 Å². The maximum atomic E-state index is 11.7. The largest absolute Gasteiger partial charge is 0.431 e. The highest BCUT2D eigenvalue weighted by Crippen LogP contribution is 2.26. The van der Waals surface area contributed by atoms with Crippen molar-refractivity contribution < 1.29 is 9.21 Å². The lowest BCUT2D eigenvalue weighted by Crippen LogP contribution is -2.11. The molecular weight excluding hydrogens is 330 g/mol. The van der Waals surface area contributed by atoms with E-state index in [1.807, 2.05) is 5.38 Å². The van der Waals surface area contributed by atoms with Crippen LogP contribution in [0.5, 0.6) is 0 Å². The van der Waals surface area contributed by atoms with Gasteiger partial charge in [-0.25, -0.2) is 9.97 Å². The molecule has 0 fully saturated rings. The zero-order valence-corrected chi connectivity index (χ0v) is 13.1. The Kier molecular flexibility index (Phi) is 4.42. The monoisotopic (exact) mass is 339 g/mol. The fraction of sp³-hybridized carbons (Fsp3) is 0.154. The number of thioether (sulfide) groups is 1. The number of amides is 1. The Hall–Kier alpha value is -1.57. The van der Waals surface area contributed by atoms with E-state index in [-0.39, 0.29) is 5.91 Å². The first-order chi connectivity index (χ1) is 10.2. The summed E-state index contributed by atoms with van der Waals surface area (Å²) in [7, 11) is 0. The van der Waals surface area contributed by atoms with Crippen LogP contribution in [0.1, 0.15) is 6.42 Å². The van der Waals surface area contributed by atoms with Crippen LogP contribution in [0.25, 0.3) is 11.1 Å². The Balaban J connectivity index is 1.53. The van der Waals surface area contributed by atoms with Gasteiger partial charge in [-0.15, -0.1) is 11.3 Å². The van der Waals surface area contributed by atoms with Gasteiger partial charge in [-0.2, -0.15) is 0 Å². The third-order valence-electron chi connectivity index (χ3n) is 2.56. The summed E-state index contributed by atoms with van der Waals surface area (Å²) in [4.78, 5) is 20.0. The second kappa shape index (κ2) is 6.46. The van der Waals surface area contributed by atoms with Crippen molar-refractivity contribution in [1.29, 1.82) is 0 Å². The SMILES string of the molecule is O=C(CCSc1nc2cc(Cl)ccc2o1)Nc1nccs1. The number of rotatable bonds is 5. The molecule has 0 aliphatic rings. The van der Waals surface area contributed by atoms with Crippen LogP contribution < -0.4 is 5.32 Å². The number of benzene rings is 1. The second-order valence-corrected chi connectivity index (χ2v) is 6.45. The van der Waals surface area contributed by atoms with Gasteiger partial charge in [0.05, 0.1) is 0 Å². The Bertz CT molecular complexity index is 758. The molecule has 3 aromatic rings. The molecule has 3 rings (SSSR count). The molecule has 0 aliphatic heterocycles. The lowest BCUT2D eigenvalue weighted by atomic mass is 10.3. The number of nitrogens with one attached hydrogen (secondary N) is 1. The van der Waals surface area contributed by atoms with Crippen molar-refractivity contribution in [2.24, 2.45) is 0 Å². The van der Waals surface area contributed by atoms with E-state index in [0.29, 0.717) is 33.1 Å². The van der Waals surface area contributed by atoms with E-state index in [1.54, 1.807) is 24.4 Å². The summed E-state index contributed by atoms with van der Waals surface area (Å²) in [5, 5.41) is 6.31. The molecule has 1 N–H and O–H groups in total. The van der Waals surface area contributed by atoms with E-state index in [4.69, 9.17) is 16.0 Å². The van der Waals surface area contributed by atoms with E-state index in [0.717, 1.165) is 5.52 Å². The van der Waals surface area contributed by atoms with Crippen LogP contribution in [0.4, 0.5) is 5.13 Å². The van der Waals surface area contributed by atoms with Crippen LogP contribution in [0.2, 0.25) is 5.02 Å². The van der Waals surface area contributed by atoms with E-state index in [9.17, 15) is 4.79 Å². The summed E-state index contributed by atoms with van der Waals surface area (Å²) in [5.41, 5.74) is 1.41. The molecule has 0 aliphatic carbocycles. The number of thiazole rings is 1. The van der Waals surface area contributed by atoms with Crippen molar-refractivity contribution in [3.63, 3.8) is 0 Å². The zero-order chi connectivity index (χ0) is 14.7. The van der Waals surface area contributed by atoms with Crippen LogP contribution in [0, 0.1) is 0 Å². The highest BCUT2D eigenvalue weighted by Gasteiger charge is 2.09. The standard InChI is InChI=1S/C13H10ClN3O2S2/c14-8-1-2-10-9(7-8)16-13(19-10)21-5-3-11(18)17-12-15-4-6-20-12/h1-2,4,6-7H,3,5H2,(H,15,17,18). The minimum atomic E-state index is -0.0726. The van der Waals surface area contributed by atoms with Gasteiger partial charge < -0.3 is 9.73 Å². The molecular formula is C13H10ClN3O2S2. The number of anilines is 1. The molecule has 0 saturated heterocycles.